The van der Waals surface area contributed by atoms with Crippen molar-refractivity contribution in [1.29, 1.82) is 0 Å². The van der Waals surface area contributed by atoms with Gasteiger partial charge >= 0.3 is 5.69 Å². The second kappa shape index (κ2) is 7.18. The van der Waals surface area contributed by atoms with Gasteiger partial charge in [-0.25, -0.2) is 0 Å². The molecule has 1 saturated heterocycles. The molecule has 126 valence electrons. The molecule has 2 rings (SSSR count). The summed E-state index contributed by atoms with van der Waals surface area (Å²) in [4.78, 5) is 44.4. The summed E-state index contributed by atoms with van der Waals surface area (Å²) < 4.78 is 0.275. The SMILES string of the molecule is O=C(CN1C(=O)CSC1=S)NNc1ccc([N+](=O)[O-])cc1[N+](=O)[O-]. The van der Waals surface area contributed by atoms with Crippen LogP contribution >= 0.6 is 24.0 Å². The van der Waals surface area contributed by atoms with E-state index in [0.29, 0.717) is 0 Å². The fraction of sp³-hybridized carbons (Fsp3) is 0.182. The highest BCUT2D eigenvalue weighted by Gasteiger charge is 2.28. The van der Waals surface area contributed by atoms with E-state index in [4.69, 9.17) is 12.2 Å². The molecule has 0 bridgehead atoms. The molecule has 1 aliphatic heterocycles. The van der Waals surface area contributed by atoms with Crippen molar-refractivity contribution in [3.8, 4) is 0 Å². The number of amides is 2. The van der Waals surface area contributed by atoms with Gasteiger partial charge in [-0.2, -0.15) is 0 Å². The second-order valence-electron chi connectivity index (χ2n) is 4.42. The minimum absolute atomic E-state index is 0.136. The Morgan fingerprint density at radius 2 is 2.04 bits per heavy atom. The largest absolute Gasteiger partial charge is 0.300 e. The third kappa shape index (κ3) is 3.94. The zero-order chi connectivity index (χ0) is 17.9. The number of benzene rings is 1. The number of carbonyl (C=O) groups excluding carboxylic acids is 2. The number of thiocarbonyl (C=S) groups is 1. The summed E-state index contributed by atoms with van der Waals surface area (Å²) in [6, 6.07) is 2.92. The lowest BCUT2D eigenvalue weighted by atomic mass is 10.2. The zero-order valence-electron chi connectivity index (χ0n) is 11.8. The lowest BCUT2D eigenvalue weighted by Crippen LogP contribution is -2.41. The van der Waals surface area contributed by atoms with Crippen LogP contribution in [-0.2, 0) is 9.59 Å². The summed E-state index contributed by atoms with van der Waals surface area (Å²) in [7, 11) is 0. The number of anilines is 1. The Hall–Kier alpha value is -2.80. The molecule has 1 aliphatic rings. The average molecular weight is 371 g/mol. The zero-order valence-corrected chi connectivity index (χ0v) is 13.4. The van der Waals surface area contributed by atoms with Gasteiger partial charge in [0.05, 0.1) is 21.7 Å². The molecule has 1 aromatic rings. The third-order valence-electron chi connectivity index (χ3n) is 2.87. The predicted molar refractivity (Wildman–Crippen MR) is 88.3 cm³/mol. The maximum Gasteiger partial charge on any atom is 0.300 e. The van der Waals surface area contributed by atoms with E-state index >= 15 is 0 Å². The van der Waals surface area contributed by atoms with E-state index in [1.165, 1.54) is 0 Å². The van der Waals surface area contributed by atoms with Crippen molar-refractivity contribution in [2.24, 2.45) is 0 Å². The molecule has 1 fully saturated rings. The summed E-state index contributed by atoms with van der Waals surface area (Å²) in [5.74, 6) is -0.796. The van der Waals surface area contributed by atoms with Gasteiger partial charge in [0.15, 0.2) is 0 Å². The third-order valence-corrected chi connectivity index (χ3v) is 4.30. The Labute approximate surface area is 143 Å². The molecule has 0 radical (unpaired) electrons. The molecule has 2 amide bonds. The van der Waals surface area contributed by atoms with Crippen LogP contribution in [-0.4, -0.2) is 43.2 Å². The van der Waals surface area contributed by atoms with E-state index < -0.39 is 27.1 Å². The van der Waals surface area contributed by atoms with Crippen molar-refractivity contribution in [3.05, 3.63) is 38.4 Å². The quantitative estimate of drug-likeness (QED) is 0.421. The number of rotatable bonds is 6. The van der Waals surface area contributed by atoms with Crippen LogP contribution in [0.4, 0.5) is 17.1 Å². The van der Waals surface area contributed by atoms with Crippen molar-refractivity contribution in [2.75, 3.05) is 17.7 Å². The number of hydrogen-bond donors (Lipinski definition) is 2. The van der Waals surface area contributed by atoms with E-state index in [1.807, 2.05) is 0 Å². The van der Waals surface area contributed by atoms with E-state index in [9.17, 15) is 29.8 Å². The van der Waals surface area contributed by atoms with Gasteiger partial charge in [0.1, 0.15) is 16.6 Å². The number of hydrazine groups is 1. The standard InChI is InChI=1S/C11H9N5O6S2/c17-9(4-14-10(18)5-24-11(14)23)13-12-7-2-1-6(15(19)20)3-8(7)16(21)22/h1-3,12H,4-5H2,(H,13,17). The summed E-state index contributed by atoms with van der Waals surface area (Å²) in [5.41, 5.74) is 3.33. The first-order valence-corrected chi connectivity index (χ1v) is 7.64. The average Bonchev–Trinajstić information content (AvgIpc) is 2.84. The fourth-order valence-electron chi connectivity index (χ4n) is 1.74. The van der Waals surface area contributed by atoms with Gasteiger partial charge in [-0.3, -0.25) is 45.6 Å². The number of nitrogens with zero attached hydrogens (tertiary/aromatic N) is 3. The predicted octanol–water partition coefficient (Wildman–Crippen LogP) is 0.806. The molecule has 0 saturated carbocycles. The highest BCUT2D eigenvalue weighted by atomic mass is 32.2. The molecular formula is C11H9N5O6S2. The highest BCUT2D eigenvalue weighted by molar-refractivity contribution is 8.23. The van der Waals surface area contributed by atoms with E-state index in [-0.39, 0.29) is 28.2 Å². The first-order valence-electron chi connectivity index (χ1n) is 6.24. The molecule has 0 atom stereocenters. The number of nitro benzene ring substituents is 2. The monoisotopic (exact) mass is 371 g/mol. The van der Waals surface area contributed by atoms with Crippen LogP contribution in [0.3, 0.4) is 0 Å². The summed E-state index contributed by atoms with van der Waals surface area (Å²) in [6.07, 6.45) is 0. The molecule has 0 aromatic heterocycles. The van der Waals surface area contributed by atoms with Gasteiger partial charge in [0.25, 0.3) is 11.6 Å². The van der Waals surface area contributed by atoms with Gasteiger partial charge in [-0.05, 0) is 6.07 Å². The number of nitrogens with one attached hydrogen (secondary N) is 2. The van der Waals surface area contributed by atoms with Gasteiger partial charge in [-0.1, -0.05) is 24.0 Å². The molecule has 1 aromatic carbocycles. The molecule has 2 N–H and O–H groups in total. The normalized spacial score (nSPS) is 13.8. The Bertz CT molecular complexity index is 738. The lowest BCUT2D eigenvalue weighted by Gasteiger charge is -2.15. The van der Waals surface area contributed by atoms with Crippen molar-refractivity contribution in [1.82, 2.24) is 10.3 Å². The first-order chi connectivity index (χ1) is 11.3. The van der Waals surface area contributed by atoms with Crippen LogP contribution in [0.1, 0.15) is 0 Å². The smallest absolute Gasteiger partial charge is 0.292 e. The molecular weight excluding hydrogens is 362 g/mol. The van der Waals surface area contributed by atoms with Crippen LogP contribution in [0.15, 0.2) is 18.2 Å². The van der Waals surface area contributed by atoms with E-state index in [2.05, 4.69) is 10.9 Å². The van der Waals surface area contributed by atoms with E-state index in [1.54, 1.807) is 0 Å². The van der Waals surface area contributed by atoms with Crippen LogP contribution in [0, 0.1) is 20.2 Å². The molecule has 24 heavy (non-hydrogen) atoms. The fourth-order valence-corrected chi connectivity index (χ4v) is 2.81. The molecule has 0 spiro atoms. The van der Waals surface area contributed by atoms with Crippen molar-refractivity contribution in [2.45, 2.75) is 0 Å². The molecule has 0 aliphatic carbocycles. The first kappa shape index (κ1) is 17.6. The topological polar surface area (TPSA) is 148 Å². The molecule has 0 unspecified atom stereocenters. The molecule has 1 heterocycles. The Balaban J connectivity index is 2.04. The van der Waals surface area contributed by atoms with Crippen LogP contribution in [0.5, 0.6) is 0 Å². The summed E-state index contributed by atoms with van der Waals surface area (Å²) in [6.45, 7) is -0.335. The van der Waals surface area contributed by atoms with Crippen LogP contribution in [0.25, 0.3) is 0 Å². The number of nitro groups is 2. The Morgan fingerprint density at radius 1 is 1.33 bits per heavy atom. The highest BCUT2D eigenvalue weighted by Crippen LogP contribution is 2.28. The van der Waals surface area contributed by atoms with Crippen molar-refractivity contribution in [3.63, 3.8) is 0 Å². The van der Waals surface area contributed by atoms with Gasteiger partial charge < -0.3 is 0 Å². The minimum Gasteiger partial charge on any atom is -0.292 e. The van der Waals surface area contributed by atoms with Crippen molar-refractivity contribution >= 4 is 57.2 Å². The van der Waals surface area contributed by atoms with Crippen molar-refractivity contribution < 1.29 is 19.4 Å². The minimum atomic E-state index is -0.822. The number of thioether (sulfide) groups is 1. The second-order valence-corrected chi connectivity index (χ2v) is 6.03. The van der Waals surface area contributed by atoms with E-state index in [0.717, 1.165) is 34.9 Å². The molecule has 13 heteroatoms. The van der Waals surface area contributed by atoms with Gasteiger partial charge in [0.2, 0.25) is 5.91 Å². The van der Waals surface area contributed by atoms with Crippen LogP contribution in [0.2, 0.25) is 0 Å². The summed E-state index contributed by atoms with van der Waals surface area (Å²) in [5, 5.41) is 21.6. The number of non-ortho nitro benzene ring substituents is 1. The maximum absolute atomic E-state index is 11.8. The Morgan fingerprint density at radius 3 is 2.58 bits per heavy atom. The number of hydrogen-bond acceptors (Lipinski definition) is 9. The van der Waals surface area contributed by atoms with Gasteiger partial charge in [0, 0.05) is 6.07 Å². The molecule has 11 nitrogen and oxygen atoms in total. The Kier molecular flexibility index (Phi) is 5.25. The van der Waals surface area contributed by atoms with Crippen LogP contribution < -0.4 is 10.9 Å². The number of carbonyl (C=O) groups is 2. The maximum atomic E-state index is 11.8. The van der Waals surface area contributed by atoms with Gasteiger partial charge in [-0.15, -0.1) is 0 Å². The summed E-state index contributed by atoms with van der Waals surface area (Å²) >= 11 is 6.06. The lowest BCUT2D eigenvalue weighted by molar-refractivity contribution is -0.393.